The molecule has 1 fully saturated rings. The fraction of sp³-hybridized carbons (Fsp3) is 0.412. The number of hydrogen-bond donors (Lipinski definition) is 0. The SMILES string of the molecule is Cc1cc(C(=O)CSc2nnnn2Cc2cccs2)c(C)n1C1CC1. The van der Waals surface area contributed by atoms with Crippen molar-refractivity contribution in [1.82, 2.24) is 24.8 Å². The molecule has 0 N–H and O–H groups in total. The Labute approximate surface area is 154 Å². The van der Waals surface area contributed by atoms with Gasteiger partial charge in [-0.1, -0.05) is 17.8 Å². The Kier molecular flexibility index (Phi) is 4.47. The minimum Gasteiger partial charge on any atom is -0.345 e. The Morgan fingerprint density at radius 1 is 1.40 bits per heavy atom. The summed E-state index contributed by atoms with van der Waals surface area (Å²) in [7, 11) is 0. The van der Waals surface area contributed by atoms with Crippen molar-refractivity contribution in [2.75, 3.05) is 5.75 Å². The van der Waals surface area contributed by atoms with Crippen molar-refractivity contribution >= 4 is 28.9 Å². The molecule has 3 heterocycles. The number of aromatic nitrogens is 5. The molecule has 0 saturated heterocycles. The lowest BCUT2D eigenvalue weighted by Gasteiger charge is -2.07. The van der Waals surface area contributed by atoms with Crippen molar-refractivity contribution in [2.45, 2.75) is 44.4 Å². The Hall–Kier alpha value is -1.93. The van der Waals surface area contributed by atoms with Gasteiger partial charge in [0.1, 0.15) is 0 Å². The zero-order valence-corrected chi connectivity index (χ0v) is 15.8. The Morgan fingerprint density at radius 3 is 2.96 bits per heavy atom. The summed E-state index contributed by atoms with van der Waals surface area (Å²) in [6.07, 6.45) is 2.44. The van der Waals surface area contributed by atoms with E-state index in [1.807, 2.05) is 24.4 Å². The van der Waals surface area contributed by atoms with Gasteiger partial charge in [-0.2, -0.15) is 0 Å². The van der Waals surface area contributed by atoms with E-state index in [1.165, 1.54) is 35.2 Å². The second kappa shape index (κ2) is 6.76. The smallest absolute Gasteiger partial charge is 0.210 e. The summed E-state index contributed by atoms with van der Waals surface area (Å²) >= 11 is 3.07. The van der Waals surface area contributed by atoms with Crippen LogP contribution in [0.5, 0.6) is 0 Å². The molecule has 0 unspecified atom stereocenters. The molecule has 1 saturated carbocycles. The van der Waals surface area contributed by atoms with Gasteiger partial charge in [0.2, 0.25) is 5.16 Å². The van der Waals surface area contributed by atoms with E-state index >= 15 is 0 Å². The Morgan fingerprint density at radius 2 is 2.24 bits per heavy atom. The van der Waals surface area contributed by atoms with E-state index in [0.717, 1.165) is 11.3 Å². The van der Waals surface area contributed by atoms with Crippen molar-refractivity contribution in [3.05, 3.63) is 45.4 Å². The number of Topliss-reactive ketones (excluding diaryl/α,β-unsaturated/α-hetero) is 1. The third-order valence-corrected chi connectivity index (χ3v) is 6.23. The standard InChI is InChI=1S/C17H19N5OS2/c1-11-8-15(12(2)22(11)13-5-6-13)16(23)10-25-17-18-19-20-21(17)9-14-4-3-7-24-14/h3-4,7-8,13H,5-6,9-10H2,1-2H3. The maximum atomic E-state index is 12.7. The molecule has 0 bridgehead atoms. The molecule has 6 nitrogen and oxygen atoms in total. The van der Waals surface area contributed by atoms with Crippen LogP contribution in [0, 0.1) is 13.8 Å². The molecule has 1 aliphatic rings. The van der Waals surface area contributed by atoms with Gasteiger partial charge < -0.3 is 4.57 Å². The van der Waals surface area contributed by atoms with Gasteiger partial charge >= 0.3 is 0 Å². The molecule has 0 atom stereocenters. The highest BCUT2D eigenvalue weighted by Crippen LogP contribution is 2.38. The Bertz CT molecular complexity index is 892. The fourth-order valence-corrected chi connectivity index (χ4v) is 4.56. The molecule has 0 spiro atoms. The predicted octanol–water partition coefficient (Wildman–Crippen LogP) is 3.51. The van der Waals surface area contributed by atoms with Crippen LogP contribution in [0.25, 0.3) is 0 Å². The number of tetrazole rings is 1. The normalized spacial score (nSPS) is 14.2. The van der Waals surface area contributed by atoms with Crippen LogP contribution in [0.15, 0.2) is 28.7 Å². The largest absolute Gasteiger partial charge is 0.345 e. The molecule has 0 aromatic carbocycles. The maximum Gasteiger partial charge on any atom is 0.210 e. The monoisotopic (exact) mass is 373 g/mol. The van der Waals surface area contributed by atoms with Crippen LogP contribution in [0.1, 0.15) is 45.5 Å². The van der Waals surface area contributed by atoms with Gasteiger partial charge in [0.25, 0.3) is 0 Å². The molecule has 0 amide bonds. The highest BCUT2D eigenvalue weighted by Gasteiger charge is 2.28. The number of nitrogens with zero attached hydrogens (tertiary/aromatic N) is 5. The second-order valence-electron chi connectivity index (χ2n) is 6.30. The van der Waals surface area contributed by atoms with E-state index < -0.39 is 0 Å². The first kappa shape index (κ1) is 16.5. The van der Waals surface area contributed by atoms with Crippen LogP contribution in [0.3, 0.4) is 0 Å². The Balaban J connectivity index is 1.44. The average molecular weight is 374 g/mol. The molecule has 25 heavy (non-hydrogen) atoms. The van der Waals surface area contributed by atoms with E-state index in [1.54, 1.807) is 16.0 Å². The molecular weight excluding hydrogens is 354 g/mol. The van der Waals surface area contributed by atoms with E-state index in [9.17, 15) is 4.79 Å². The molecule has 3 aromatic heterocycles. The molecule has 0 radical (unpaired) electrons. The first-order valence-corrected chi connectivity index (χ1v) is 10.1. The van der Waals surface area contributed by atoms with Crippen LogP contribution in [-0.4, -0.2) is 36.3 Å². The summed E-state index contributed by atoms with van der Waals surface area (Å²) in [4.78, 5) is 13.9. The summed E-state index contributed by atoms with van der Waals surface area (Å²) < 4.78 is 4.05. The molecular formula is C17H19N5OS2. The van der Waals surface area contributed by atoms with Crippen LogP contribution >= 0.6 is 23.1 Å². The van der Waals surface area contributed by atoms with Crippen molar-refractivity contribution < 1.29 is 4.79 Å². The number of thiophene rings is 1. The highest BCUT2D eigenvalue weighted by molar-refractivity contribution is 7.99. The lowest BCUT2D eigenvalue weighted by Crippen LogP contribution is -2.08. The summed E-state index contributed by atoms with van der Waals surface area (Å²) in [5, 5.41) is 14.6. The van der Waals surface area contributed by atoms with Crippen molar-refractivity contribution in [2.24, 2.45) is 0 Å². The summed E-state index contributed by atoms with van der Waals surface area (Å²) in [6.45, 7) is 4.76. The van der Waals surface area contributed by atoms with E-state index in [2.05, 4.69) is 33.1 Å². The summed E-state index contributed by atoms with van der Waals surface area (Å²) in [5.41, 5.74) is 3.09. The third-order valence-electron chi connectivity index (χ3n) is 4.41. The lowest BCUT2D eigenvalue weighted by atomic mass is 10.2. The van der Waals surface area contributed by atoms with Gasteiger partial charge in [-0.3, -0.25) is 4.79 Å². The molecule has 130 valence electrons. The maximum absolute atomic E-state index is 12.7. The predicted molar refractivity (Wildman–Crippen MR) is 98.5 cm³/mol. The van der Waals surface area contributed by atoms with E-state index in [0.29, 0.717) is 23.5 Å². The number of hydrogen-bond acceptors (Lipinski definition) is 6. The first-order chi connectivity index (χ1) is 12.1. The molecule has 1 aliphatic carbocycles. The second-order valence-corrected chi connectivity index (χ2v) is 8.27. The van der Waals surface area contributed by atoms with Crippen molar-refractivity contribution in [3.8, 4) is 0 Å². The number of thioether (sulfide) groups is 1. The molecule has 3 aromatic rings. The lowest BCUT2D eigenvalue weighted by molar-refractivity contribution is 0.102. The van der Waals surface area contributed by atoms with Crippen molar-refractivity contribution in [1.29, 1.82) is 0 Å². The van der Waals surface area contributed by atoms with Crippen LogP contribution in [0.2, 0.25) is 0 Å². The van der Waals surface area contributed by atoms with E-state index in [4.69, 9.17) is 0 Å². The zero-order chi connectivity index (χ0) is 17.4. The number of ketones is 1. The minimum atomic E-state index is 0.135. The highest BCUT2D eigenvalue weighted by atomic mass is 32.2. The number of aryl methyl sites for hydroxylation is 1. The zero-order valence-electron chi connectivity index (χ0n) is 14.2. The van der Waals surface area contributed by atoms with Crippen molar-refractivity contribution in [3.63, 3.8) is 0 Å². The molecule has 4 rings (SSSR count). The van der Waals surface area contributed by atoms with Gasteiger partial charge in [0.15, 0.2) is 5.78 Å². The molecule has 0 aliphatic heterocycles. The summed E-state index contributed by atoms with van der Waals surface area (Å²) in [5.74, 6) is 0.482. The van der Waals surface area contributed by atoms with Crippen LogP contribution < -0.4 is 0 Å². The first-order valence-electron chi connectivity index (χ1n) is 8.26. The van der Waals surface area contributed by atoms with Gasteiger partial charge in [-0.05, 0) is 54.6 Å². The topological polar surface area (TPSA) is 65.6 Å². The molecule has 8 heteroatoms. The van der Waals surface area contributed by atoms with Crippen LogP contribution in [-0.2, 0) is 6.54 Å². The number of carbonyl (C=O) groups is 1. The minimum absolute atomic E-state index is 0.135. The third kappa shape index (κ3) is 3.41. The summed E-state index contributed by atoms with van der Waals surface area (Å²) in [6, 6.07) is 6.67. The van der Waals surface area contributed by atoms with E-state index in [-0.39, 0.29) is 5.78 Å². The fourth-order valence-electron chi connectivity index (χ4n) is 3.11. The number of rotatable bonds is 7. The van der Waals surface area contributed by atoms with Gasteiger partial charge in [-0.25, -0.2) is 4.68 Å². The van der Waals surface area contributed by atoms with Gasteiger partial charge in [-0.15, -0.1) is 16.4 Å². The van der Waals surface area contributed by atoms with Gasteiger partial charge in [0.05, 0.1) is 12.3 Å². The van der Waals surface area contributed by atoms with Crippen LogP contribution in [0.4, 0.5) is 0 Å². The van der Waals surface area contributed by atoms with Gasteiger partial charge in [0, 0.05) is 27.9 Å². The quantitative estimate of drug-likeness (QED) is 0.468. The number of carbonyl (C=O) groups excluding carboxylic acids is 1. The average Bonchev–Trinajstić information content (AvgIpc) is 3.00.